The van der Waals surface area contributed by atoms with E-state index in [0.29, 0.717) is 0 Å². The van der Waals surface area contributed by atoms with E-state index < -0.39 is 11.8 Å². The summed E-state index contributed by atoms with van der Waals surface area (Å²) >= 11 is 0. The summed E-state index contributed by atoms with van der Waals surface area (Å²) in [6.07, 6.45) is 1.90. The van der Waals surface area contributed by atoms with Crippen LogP contribution in [0.25, 0.3) is 0 Å². The van der Waals surface area contributed by atoms with E-state index in [2.05, 4.69) is 6.58 Å². The van der Waals surface area contributed by atoms with Crippen molar-refractivity contribution in [3.8, 4) is 0 Å². The van der Waals surface area contributed by atoms with Crippen molar-refractivity contribution in [3.05, 3.63) is 24.3 Å². The number of carbonyl (C=O) groups excluding carboxylic acids is 2. The molecular formula is C7H7FO2. The molecule has 0 radical (unpaired) electrons. The van der Waals surface area contributed by atoms with Gasteiger partial charge in [0.1, 0.15) is 0 Å². The molecule has 10 heavy (non-hydrogen) atoms. The molecule has 0 aliphatic rings. The second kappa shape index (κ2) is 3.71. The van der Waals surface area contributed by atoms with Crippen LogP contribution in [-0.4, -0.2) is 11.8 Å². The first kappa shape index (κ1) is 8.75. The van der Waals surface area contributed by atoms with Crippen molar-refractivity contribution in [1.29, 1.82) is 0 Å². The Morgan fingerprint density at radius 2 is 2.00 bits per heavy atom. The molecule has 0 unspecified atom stereocenters. The van der Waals surface area contributed by atoms with Crippen LogP contribution in [-0.2, 0) is 9.59 Å². The predicted molar refractivity (Wildman–Crippen MR) is 35.1 cm³/mol. The van der Waals surface area contributed by atoms with Crippen molar-refractivity contribution >= 4 is 11.8 Å². The van der Waals surface area contributed by atoms with E-state index in [1.54, 1.807) is 0 Å². The first-order valence-corrected chi connectivity index (χ1v) is 2.62. The summed E-state index contributed by atoms with van der Waals surface area (Å²) < 4.78 is 11.7. The Labute approximate surface area is 58.0 Å². The fourth-order valence-electron chi connectivity index (χ4n) is 0.329. The largest absolute Gasteiger partial charge is 0.327 e. The molecule has 0 aromatic heterocycles. The van der Waals surface area contributed by atoms with E-state index in [1.165, 1.54) is 6.92 Å². The van der Waals surface area contributed by atoms with Gasteiger partial charge in [-0.1, -0.05) is 6.58 Å². The zero-order valence-corrected chi connectivity index (χ0v) is 5.56. The summed E-state index contributed by atoms with van der Waals surface area (Å²) in [6.45, 7) is 4.37. The molecule has 0 saturated heterocycles. The van der Waals surface area contributed by atoms with Gasteiger partial charge in [0.25, 0.3) is 0 Å². The predicted octanol–water partition coefficient (Wildman–Crippen LogP) is 1.18. The van der Waals surface area contributed by atoms with Gasteiger partial charge in [0, 0.05) is 5.57 Å². The van der Waals surface area contributed by atoms with Gasteiger partial charge in [-0.05, 0) is 19.1 Å². The molecular weight excluding hydrogens is 135 g/mol. The number of carbonyl (C=O) groups is 2. The van der Waals surface area contributed by atoms with Gasteiger partial charge in [0.2, 0.25) is 0 Å². The average molecular weight is 142 g/mol. The zero-order valence-electron chi connectivity index (χ0n) is 5.56. The van der Waals surface area contributed by atoms with Gasteiger partial charge in [-0.25, -0.2) is 0 Å². The van der Waals surface area contributed by atoms with Crippen LogP contribution in [0.4, 0.5) is 4.39 Å². The van der Waals surface area contributed by atoms with Crippen LogP contribution in [0.1, 0.15) is 6.92 Å². The molecule has 0 aliphatic carbocycles. The smallest absolute Gasteiger partial charge is 0.290 e. The summed E-state index contributed by atoms with van der Waals surface area (Å²) in [4.78, 5) is 20.3. The highest BCUT2D eigenvalue weighted by Gasteiger charge is 2.01. The molecule has 0 spiro atoms. The van der Waals surface area contributed by atoms with Crippen molar-refractivity contribution in [2.24, 2.45) is 0 Å². The minimum Gasteiger partial charge on any atom is -0.290 e. The highest BCUT2D eigenvalue weighted by Crippen LogP contribution is 1.95. The number of hydrogen-bond donors (Lipinski definition) is 0. The molecule has 3 heteroatoms. The molecule has 0 heterocycles. The second-order valence-electron chi connectivity index (χ2n) is 1.71. The van der Waals surface area contributed by atoms with Crippen molar-refractivity contribution in [2.45, 2.75) is 6.92 Å². The maximum absolute atomic E-state index is 11.7. The normalized spacial score (nSPS) is 10.8. The van der Waals surface area contributed by atoms with Crippen LogP contribution < -0.4 is 0 Å². The third-order valence-corrected chi connectivity index (χ3v) is 0.870. The van der Waals surface area contributed by atoms with E-state index in [1.807, 2.05) is 0 Å². The molecule has 0 fully saturated rings. The maximum atomic E-state index is 11.7. The lowest BCUT2D eigenvalue weighted by molar-refractivity contribution is -0.125. The van der Waals surface area contributed by atoms with E-state index in [0.717, 1.165) is 12.2 Å². The van der Waals surface area contributed by atoms with E-state index in [4.69, 9.17) is 0 Å². The van der Waals surface area contributed by atoms with Gasteiger partial charge in [0.15, 0.2) is 5.78 Å². The van der Waals surface area contributed by atoms with Crippen LogP contribution >= 0.6 is 0 Å². The summed E-state index contributed by atoms with van der Waals surface area (Å²) in [7, 11) is 0. The standard InChI is InChI=1S/C7H7FO2/c1-3-6(9)4-5(2)7(8)10/h3-4H,1H2,2H3. The molecule has 0 N–H and O–H groups in total. The van der Waals surface area contributed by atoms with Crippen molar-refractivity contribution in [3.63, 3.8) is 0 Å². The maximum Gasteiger partial charge on any atom is 0.327 e. The van der Waals surface area contributed by atoms with E-state index in [-0.39, 0.29) is 5.57 Å². The number of halogens is 1. The zero-order chi connectivity index (χ0) is 8.15. The van der Waals surface area contributed by atoms with Gasteiger partial charge in [-0.15, -0.1) is 0 Å². The summed E-state index contributed by atoms with van der Waals surface area (Å²) in [5, 5.41) is 0. The van der Waals surface area contributed by atoms with Crippen LogP contribution in [0.3, 0.4) is 0 Å². The Balaban J connectivity index is 4.30. The van der Waals surface area contributed by atoms with Gasteiger partial charge >= 0.3 is 6.04 Å². The van der Waals surface area contributed by atoms with E-state index in [9.17, 15) is 14.0 Å². The van der Waals surface area contributed by atoms with Crippen LogP contribution in [0.5, 0.6) is 0 Å². The number of hydrogen-bond acceptors (Lipinski definition) is 2. The van der Waals surface area contributed by atoms with E-state index >= 15 is 0 Å². The summed E-state index contributed by atoms with van der Waals surface area (Å²) in [5.74, 6) is -0.469. The monoisotopic (exact) mass is 142 g/mol. The van der Waals surface area contributed by atoms with Crippen molar-refractivity contribution in [1.82, 2.24) is 0 Å². The summed E-state index contributed by atoms with van der Waals surface area (Å²) in [6, 6.07) is -1.59. The number of allylic oxidation sites excluding steroid dienone is 3. The molecule has 0 rings (SSSR count). The minimum atomic E-state index is -1.59. The van der Waals surface area contributed by atoms with Gasteiger partial charge in [-0.3, -0.25) is 9.59 Å². The Hall–Kier alpha value is -1.25. The Kier molecular flexibility index (Phi) is 3.25. The SMILES string of the molecule is C=CC(=O)C=C(C)C(=O)F. The fraction of sp³-hybridized carbons (Fsp3) is 0.143. The molecule has 0 amide bonds. The quantitative estimate of drug-likeness (QED) is 0.438. The van der Waals surface area contributed by atoms with Crippen molar-refractivity contribution < 1.29 is 14.0 Å². The first-order chi connectivity index (χ1) is 4.57. The van der Waals surface area contributed by atoms with Crippen LogP contribution in [0.2, 0.25) is 0 Å². The highest BCUT2D eigenvalue weighted by atomic mass is 19.1. The lowest BCUT2D eigenvalue weighted by atomic mass is 10.2. The van der Waals surface area contributed by atoms with Gasteiger partial charge < -0.3 is 0 Å². The number of ketones is 1. The summed E-state index contributed by atoms with van der Waals surface area (Å²) in [5.41, 5.74) is -0.204. The minimum absolute atomic E-state index is 0.204. The molecule has 0 aliphatic heterocycles. The highest BCUT2D eigenvalue weighted by molar-refractivity contribution is 6.04. The van der Waals surface area contributed by atoms with Gasteiger partial charge in [-0.2, -0.15) is 4.39 Å². The Bertz CT molecular complexity index is 204. The van der Waals surface area contributed by atoms with Crippen LogP contribution in [0, 0.1) is 0 Å². The molecule has 0 atom stereocenters. The van der Waals surface area contributed by atoms with Crippen LogP contribution in [0.15, 0.2) is 24.3 Å². The van der Waals surface area contributed by atoms with Crippen molar-refractivity contribution in [2.75, 3.05) is 0 Å². The molecule has 54 valence electrons. The molecule has 0 saturated carbocycles. The Morgan fingerprint density at radius 3 is 2.30 bits per heavy atom. The van der Waals surface area contributed by atoms with Gasteiger partial charge in [0.05, 0.1) is 0 Å². The second-order valence-corrected chi connectivity index (χ2v) is 1.71. The molecule has 2 nitrogen and oxygen atoms in total. The molecule has 0 bridgehead atoms. The molecule has 0 aromatic carbocycles. The third kappa shape index (κ3) is 2.91. The first-order valence-electron chi connectivity index (χ1n) is 2.62. The average Bonchev–Trinajstić information content (AvgIpc) is 1.87. The lowest BCUT2D eigenvalue weighted by Gasteiger charge is -1.85. The molecule has 0 aromatic rings. The number of rotatable bonds is 3. The Morgan fingerprint density at radius 1 is 1.50 bits per heavy atom. The fourth-order valence-corrected chi connectivity index (χ4v) is 0.329. The third-order valence-electron chi connectivity index (χ3n) is 0.870. The topological polar surface area (TPSA) is 34.1 Å². The lowest BCUT2D eigenvalue weighted by Crippen LogP contribution is -1.93.